The van der Waals surface area contributed by atoms with Gasteiger partial charge in [-0.15, -0.1) is 0 Å². The Hall–Kier alpha value is -0.870. The molecule has 1 unspecified atom stereocenters. The van der Waals surface area contributed by atoms with E-state index < -0.39 is 0 Å². The zero-order chi connectivity index (χ0) is 12.1. The van der Waals surface area contributed by atoms with Gasteiger partial charge in [-0.2, -0.15) is 5.10 Å². The number of nitrogens with two attached hydrogens (primary N) is 1. The molecule has 1 fully saturated rings. The van der Waals surface area contributed by atoms with Crippen LogP contribution in [0.15, 0.2) is 12.4 Å². The van der Waals surface area contributed by atoms with Crippen LogP contribution < -0.4 is 5.73 Å². The summed E-state index contributed by atoms with van der Waals surface area (Å²) in [6.07, 6.45) is 9.27. The van der Waals surface area contributed by atoms with E-state index in [1.165, 1.54) is 31.4 Å². The molecule has 1 saturated heterocycles. The zero-order valence-electron chi connectivity index (χ0n) is 10.8. The molecule has 17 heavy (non-hydrogen) atoms. The Bertz CT molecular complexity index is 332. The molecule has 0 amide bonds. The first-order chi connectivity index (χ1) is 8.33. The van der Waals surface area contributed by atoms with Gasteiger partial charge in [0.1, 0.15) is 0 Å². The summed E-state index contributed by atoms with van der Waals surface area (Å²) in [6, 6.07) is 0.679. The van der Waals surface area contributed by atoms with E-state index in [1.807, 2.05) is 10.9 Å². The topological polar surface area (TPSA) is 47.1 Å². The standard InChI is InChI=1S/C13H24N4/c1-2-17-11-12(9-15-17)10-16-8-4-3-5-13(16)6-7-14/h9,11,13H,2-8,10,14H2,1H3. The lowest BCUT2D eigenvalue weighted by molar-refractivity contribution is 0.134. The third-order valence-electron chi connectivity index (χ3n) is 3.65. The molecular weight excluding hydrogens is 212 g/mol. The van der Waals surface area contributed by atoms with Gasteiger partial charge in [0, 0.05) is 30.9 Å². The van der Waals surface area contributed by atoms with Crippen molar-refractivity contribution in [3.63, 3.8) is 0 Å². The van der Waals surface area contributed by atoms with E-state index in [0.717, 1.165) is 26.1 Å². The van der Waals surface area contributed by atoms with E-state index in [0.29, 0.717) is 6.04 Å². The molecule has 96 valence electrons. The van der Waals surface area contributed by atoms with E-state index in [9.17, 15) is 0 Å². The van der Waals surface area contributed by atoms with Crippen LogP contribution in [0.5, 0.6) is 0 Å². The molecule has 1 aliphatic heterocycles. The van der Waals surface area contributed by atoms with Crippen LogP contribution in [-0.2, 0) is 13.1 Å². The summed E-state index contributed by atoms with van der Waals surface area (Å²) in [5.74, 6) is 0. The fourth-order valence-corrected chi connectivity index (χ4v) is 2.68. The molecule has 1 aromatic rings. The molecule has 2 N–H and O–H groups in total. The molecule has 0 spiro atoms. The van der Waals surface area contributed by atoms with Crippen LogP contribution in [-0.4, -0.2) is 33.8 Å². The maximum absolute atomic E-state index is 5.70. The first-order valence-electron chi connectivity index (χ1n) is 6.79. The lowest BCUT2D eigenvalue weighted by Crippen LogP contribution is -2.40. The molecule has 1 aliphatic rings. The summed E-state index contributed by atoms with van der Waals surface area (Å²) < 4.78 is 2.00. The minimum absolute atomic E-state index is 0.679. The Morgan fingerprint density at radius 3 is 3.06 bits per heavy atom. The molecule has 2 rings (SSSR count). The minimum Gasteiger partial charge on any atom is -0.330 e. The highest BCUT2D eigenvalue weighted by Crippen LogP contribution is 2.21. The molecule has 4 heteroatoms. The van der Waals surface area contributed by atoms with E-state index in [2.05, 4.69) is 23.1 Å². The SMILES string of the molecule is CCn1cc(CN2CCCCC2CCN)cn1. The van der Waals surface area contributed by atoms with Crippen LogP contribution in [0.2, 0.25) is 0 Å². The summed E-state index contributed by atoms with van der Waals surface area (Å²) >= 11 is 0. The highest BCUT2D eigenvalue weighted by molar-refractivity contribution is 5.04. The van der Waals surface area contributed by atoms with Crippen molar-refractivity contribution in [3.05, 3.63) is 18.0 Å². The van der Waals surface area contributed by atoms with Crippen LogP contribution in [0.1, 0.15) is 38.2 Å². The Kier molecular flexibility index (Phi) is 4.57. The van der Waals surface area contributed by atoms with Crippen molar-refractivity contribution in [2.24, 2.45) is 5.73 Å². The van der Waals surface area contributed by atoms with Gasteiger partial charge in [-0.25, -0.2) is 0 Å². The van der Waals surface area contributed by atoms with E-state index in [-0.39, 0.29) is 0 Å². The molecule has 0 aliphatic carbocycles. The Morgan fingerprint density at radius 2 is 2.35 bits per heavy atom. The van der Waals surface area contributed by atoms with Gasteiger partial charge in [0.15, 0.2) is 0 Å². The number of hydrogen-bond donors (Lipinski definition) is 1. The quantitative estimate of drug-likeness (QED) is 0.845. The average Bonchev–Trinajstić information content (AvgIpc) is 2.80. The zero-order valence-corrected chi connectivity index (χ0v) is 10.8. The highest BCUT2D eigenvalue weighted by atomic mass is 15.3. The second-order valence-corrected chi connectivity index (χ2v) is 4.90. The van der Waals surface area contributed by atoms with Crippen LogP contribution in [0, 0.1) is 0 Å². The van der Waals surface area contributed by atoms with Crippen molar-refractivity contribution in [3.8, 4) is 0 Å². The Balaban J connectivity index is 1.95. The summed E-state index contributed by atoms with van der Waals surface area (Å²) in [7, 11) is 0. The second-order valence-electron chi connectivity index (χ2n) is 4.90. The summed E-state index contributed by atoms with van der Waals surface area (Å²) in [5, 5.41) is 4.34. The van der Waals surface area contributed by atoms with Crippen molar-refractivity contribution in [2.45, 2.75) is 51.7 Å². The second kappa shape index (κ2) is 6.17. The van der Waals surface area contributed by atoms with Crippen molar-refractivity contribution < 1.29 is 0 Å². The molecule has 1 atom stereocenters. The van der Waals surface area contributed by atoms with Gasteiger partial charge in [0.25, 0.3) is 0 Å². The minimum atomic E-state index is 0.679. The van der Waals surface area contributed by atoms with Gasteiger partial charge in [-0.1, -0.05) is 6.42 Å². The predicted molar refractivity (Wildman–Crippen MR) is 69.6 cm³/mol. The molecule has 0 aromatic carbocycles. The van der Waals surface area contributed by atoms with E-state index >= 15 is 0 Å². The van der Waals surface area contributed by atoms with Crippen molar-refractivity contribution >= 4 is 0 Å². The van der Waals surface area contributed by atoms with Crippen LogP contribution in [0.3, 0.4) is 0 Å². The predicted octanol–water partition coefficient (Wildman–Crippen LogP) is 1.61. The van der Waals surface area contributed by atoms with Crippen LogP contribution in [0.4, 0.5) is 0 Å². The number of aryl methyl sites for hydroxylation is 1. The number of rotatable bonds is 5. The molecule has 1 aromatic heterocycles. The normalized spacial score (nSPS) is 21.9. The number of likely N-dealkylation sites (tertiary alicyclic amines) is 1. The Morgan fingerprint density at radius 1 is 1.47 bits per heavy atom. The molecule has 0 bridgehead atoms. The van der Waals surface area contributed by atoms with Crippen molar-refractivity contribution in [1.82, 2.24) is 14.7 Å². The van der Waals surface area contributed by atoms with Gasteiger partial charge < -0.3 is 5.73 Å². The largest absolute Gasteiger partial charge is 0.330 e. The summed E-state index contributed by atoms with van der Waals surface area (Å²) in [5.41, 5.74) is 7.03. The fourth-order valence-electron chi connectivity index (χ4n) is 2.68. The number of hydrogen-bond acceptors (Lipinski definition) is 3. The first kappa shape index (κ1) is 12.6. The van der Waals surface area contributed by atoms with E-state index in [1.54, 1.807) is 0 Å². The molecular formula is C13H24N4. The summed E-state index contributed by atoms with van der Waals surface area (Å²) in [6.45, 7) is 6.11. The Labute approximate surface area is 104 Å². The number of piperidine rings is 1. The van der Waals surface area contributed by atoms with Crippen LogP contribution in [0.25, 0.3) is 0 Å². The third kappa shape index (κ3) is 3.30. The monoisotopic (exact) mass is 236 g/mol. The smallest absolute Gasteiger partial charge is 0.0534 e. The molecule has 0 radical (unpaired) electrons. The van der Waals surface area contributed by atoms with Crippen molar-refractivity contribution in [1.29, 1.82) is 0 Å². The van der Waals surface area contributed by atoms with Gasteiger partial charge in [-0.05, 0) is 39.3 Å². The van der Waals surface area contributed by atoms with E-state index in [4.69, 9.17) is 5.73 Å². The first-order valence-corrected chi connectivity index (χ1v) is 6.79. The lowest BCUT2D eigenvalue weighted by atomic mass is 9.99. The average molecular weight is 236 g/mol. The maximum Gasteiger partial charge on any atom is 0.0534 e. The highest BCUT2D eigenvalue weighted by Gasteiger charge is 2.21. The number of nitrogens with zero attached hydrogens (tertiary/aromatic N) is 3. The lowest BCUT2D eigenvalue weighted by Gasteiger charge is -2.35. The van der Waals surface area contributed by atoms with Gasteiger partial charge in [0.2, 0.25) is 0 Å². The maximum atomic E-state index is 5.70. The molecule has 4 nitrogen and oxygen atoms in total. The molecule has 2 heterocycles. The van der Waals surface area contributed by atoms with Gasteiger partial charge >= 0.3 is 0 Å². The molecule has 0 saturated carbocycles. The third-order valence-corrected chi connectivity index (χ3v) is 3.65. The number of aromatic nitrogens is 2. The fraction of sp³-hybridized carbons (Fsp3) is 0.769. The van der Waals surface area contributed by atoms with Crippen molar-refractivity contribution in [2.75, 3.05) is 13.1 Å². The van der Waals surface area contributed by atoms with Crippen LogP contribution >= 0.6 is 0 Å². The summed E-state index contributed by atoms with van der Waals surface area (Å²) in [4.78, 5) is 2.58. The van der Waals surface area contributed by atoms with Gasteiger partial charge in [-0.3, -0.25) is 9.58 Å². The van der Waals surface area contributed by atoms with Gasteiger partial charge in [0.05, 0.1) is 6.20 Å².